The first-order valence-corrected chi connectivity index (χ1v) is 13.4. The van der Waals surface area contributed by atoms with Crippen LogP contribution in [0.15, 0.2) is 36.4 Å². The molecule has 0 unspecified atom stereocenters. The standard InChI is InChI=1S/C26H38N10O4/c37-23-19-3-1-4-20(35-19)24(38)32-16-12-28-8-10-30-14-18-34-26(40)22-6-2-5-21(36-22)25(39)33-17-13-29-9-7-27-11-15-31-23/h1-6,27-30H,7-18H2,(H,31,37)(H,32,38)(H,33,39)(H,34,40). The van der Waals surface area contributed by atoms with Crippen molar-refractivity contribution in [1.29, 1.82) is 0 Å². The summed E-state index contributed by atoms with van der Waals surface area (Å²) in [5, 5.41) is 24.0. The Morgan fingerprint density at radius 2 is 0.600 bits per heavy atom. The number of nitrogens with one attached hydrogen (secondary N) is 8. The lowest BCUT2D eigenvalue weighted by Gasteiger charge is -2.10. The van der Waals surface area contributed by atoms with Crippen LogP contribution in [0.2, 0.25) is 0 Å². The number of carbonyl (C=O) groups excluding carboxylic acids is 4. The smallest absolute Gasteiger partial charge is 0.269 e. The fourth-order valence-corrected chi connectivity index (χ4v) is 3.65. The molecule has 0 saturated carbocycles. The van der Waals surface area contributed by atoms with Gasteiger partial charge >= 0.3 is 0 Å². The van der Waals surface area contributed by atoms with Crippen molar-refractivity contribution in [2.24, 2.45) is 0 Å². The lowest BCUT2D eigenvalue weighted by molar-refractivity contribution is 0.0928. The van der Waals surface area contributed by atoms with Gasteiger partial charge in [0.25, 0.3) is 23.6 Å². The molecule has 0 saturated heterocycles. The molecule has 14 heteroatoms. The van der Waals surface area contributed by atoms with E-state index in [0.717, 1.165) is 0 Å². The number of hydrogen-bond acceptors (Lipinski definition) is 10. The predicted molar refractivity (Wildman–Crippen MR) is 149 cm³/mol. The van der Waals surface area contributed by atoms with E-state index in [-0.39, 0.29) is 46.4 Å². The van der Waals surface area contributed by atoms with Crippen molar-refractivity contribution < 1.29 is 19.2 Å². The van der Waals surface area contributed by atoms with Crippen molar-refractivity contribution in [3.8, 4) is 0 Å². The van der Waals surface area contributed by atoms with Gasteiger partial charge in [-0.25, -0.2) is 9.97 Å². The molecule has 216 valence electrons. The molecule has 0 atom stereocenters. The molecule has 0 fully saturated rings. The Kier molecular flexibility index (Phi) is 13.4. The third-order valence-corrected chi connectivity index (χ3v) is 5.74. The molecule has 2 aromatic rings. The SMILES string of the molecule is O=C1NCCNCCNCCNC(=O)c2cccc(n2)C(=O)NCCNCCNCCNC(=O)c2cccc1n2. The van der Waals surface area contributed by atoms with E-state index < -0.39 is 0 Å². The van der Waals surface area contributed by atoms with Gasteiger partial charge in [-0.2, -0.15) is 0 Å². The molecular formula is C26H38N10O4. The summed E-state index contributed by atoms with van der Waals surface area (Å²) < 4.78 is 0. The largest absolute Gasteiger partial charge is 0.349 e. The summed E-state index contributed by atoms with van der Waals surface area (Å²) in [6.45, 7) is 6.50. The van der Waals surface area contributed by atoms with E-state index in [0.29, 0.717) is 78.5 Å². The maximum absolute atomic E-state index is 12.4. The zero-order valence-corrected chi connectivity index (χ0v) is 22.5. The Morgan fingerprint density at radius 3 is 0.850 bits per heavy atom. The molecule has 14 nitrogen and oxygen atoms in total. The number of rotatable bonds is 0. The first-order valence-electron chi connectivity index (χ1n) is 13.4. The van der Waals surface area contributed by atoms with E-state index in [1.54, 1.807) is 36.4 Å². The van der Waals surface area contributed by atoms with Gasteiger partial charge in [0.15, 0.2) is 0 Å². The van der Waals surface area contributed by atoms with Gasteiger partial charge < -0.3 is 42.5 Å². The van der Waals surface area contributed by atoms with Gasteiger partial charge in [0, 0.05) is 78.5 Å². The highest BCUT2D eigenvalue weighted by Gasteiger charge is 2.13. The van der Waals surface area contributed by atoms with E-state index >= 15 is 0 Å². The topological polar surface area (TPSA) is 190 Å². The lowest BCUT2D eigenvalue weighted by Crippen LogP contribution is -2.38. The Morgan fingerprint density at radius 1 is 0.375 bits per heavy atom. The zero-order chi connectivity index (χ0) is 28.4. The van der Waals surface area contributed by atoms with E-state index in [9.17, 15) is 19.2 Å². The number of fused-ring (bicyclic) bond motifs is 4. The quantitative estimate of drug-likeness (QED) is 0.172. The number of hydrogen-bond donors (Lipinski definition) is 8. The normalized spacial score (nSPS) is 18.4. The molecule has 3 heterocycles. The summed E-state index contributed by atoms with van der Waals surface area (Å²) in [6.07, 6.45) is 0. The number of carbonyl (C=O) groups is 4. The number of aromatic nitrogens is 2. The Labute approximate surface area is 233 Å². The molecule has 0 aromatic carbocycles. The molecule has 1 aliphatic heterocycles. The van der Waals surface area contributed by atoms with Crippen LogP contribution < -0.4 is 42.5 Å². The van der Waals surface area contributed by atoms with Crippen LogP contribution in [0.1, 0.15) is 42.0 Å². The highest BCUT2D eigenvalue weighted by molar-refractivity contribution is 5.97. The number of amides is 4. The first-order chi connectivity index (χ1) is 19.5. The molecule has 0 radical (unpaired) electrons. The molecule has 40 heavy (non-hydrogen) atoms. The zero-order valence-electron chi connectivity index (χ0n) is 22.5. The minimum atomic E-state index is -0.348. The van der Waals surface area contributed by atoms with E-state index in [1.165, 1.54) is 0 Å². The molecule has 0 spiro atoms. The van der Waals surface area contributed by atoms with Crippen LogP contribution in [0.25, 0.3) is 0 Å². The van der Waals surface area contributed by atoms with E-state index in [1.807, 2.05) is 0 Å². The molecule has 4 bridgehead atoms. The predicted octanol–water partition coefficient (Wildman–Crippen LogP) is -2.53. The summed E-state index contributed by atoms with van der Waals surface area (Å²) in [4.78, 5) is 58.0. The van der Waals surface area contributed by atoms with Crippen LogP contribution in [0.5, 0.6) is 0 Å². The van der Waals surface area contributed by atoms with Gasteiger partial charge in [-0.15, -0.1) is 0 Å². The minimum absolute atomic E-state index is 0.179. The van der Waals surface area contributed by atoms with Crippen LogP contribution in [0.3, 0.4) is 0 Å². The lowest BCUT2D eigenvalue weighted by atomic mass is 10.2. The van der Waals surface area contributed by atoms with Crippen molar-refractivity contribution >= 4 is 23.6 Å². The second-order valence-corrected chi connectivity index (χ2v) is 8.84. The van der Waals surface area contributed by atoms with Crippen molar-refractivity contribution in [2.75, 3.05) is 78.5 Å². The minimum Gasteiger partial charge on any atom is -0.349 e. The molecule has 0 aliphatic carbocycles. The second-order valence-electron chi connectivity index (χ2n) is 8.84. The van der Waals surface area contributed by atoms with E-state index in [4.69, 9.17) is 0 Å². The Bertz CT molecular complexity index is 964. The molecule has 1 aliphatic rings. The van der Waals surface area contributed by atoms with Crippen LogP contribution in [-0.4, -0.2) is 112 Å². The van der Waals surface area contributed by atoms with Crippen molar-refractivity contribution in [1.82, 2.24) is 52.5 Å². The summed E-state index contributed by atoms with van der Waals surface area (Å²) in [5.41, 5.74) is 0.716. The van der Waals surface area contributed by atoms with Crippen LogP contribution >= 0.6 is 0 Å². The summed E-state index contributed by atoms with van der Waals surface area (Å²) in [5.74, 6) is -1.39. The summed E-state index contributed by atoms with van der Waals surface area (Å²) in [7, 11) is 0. The average Bonchev–Trinajstić information content (AvgIpc) is 2.98. The highest BCUT2D eigenvalue weighted by atomic mass is 16.2. The highest BCUT2D eigenvalue weighted by Crippen LogP contribution is 2.01. The van der Waals surface area contributed by atoms with Gasteiger partial charge in [0.1, 0.15) is 22.8 Å². The Balaban J connectivity index is 1.49. The fourth-order valence-electron chi connectivity index (χ4n) is 3.65. The van der Waals surface area contributed by atoms with E-state index in [2.05, 4.69) is 52.5 Å². The second kappa shape index (κ2) is 17.6. The van der Waals surface area contributed by atoms with Crippen molar-refractivity contribution in [3.63, 3.8) is 0 Å². The third-order valence-electron chi connectivity index (χ3n) is 5.74. The molecular weight excluding hydrogens is 516 g/mol. The van der Waals surface area contributed by atoms with Gasteiger partial charge in [-0.1, -0.05) is 12.1 Å². The molecule has 2 aromatic heterocycles. The maximum atomic E-state index is 12.4. The fraction of sp³-hybridized carbons (Fsp3) is 0.462. The van der Waals surface area contributed by atoms with Crippen molar-refractivity contribution in [2.45, 2.75) is 0 Å². The van der Waals surface area contributed by atoms with Gasteiger partial charge in [0.2, 0.25) is 0 Å². The van der Waals surface area contributed by atoms with Crippen LogP contribution in [0, 0.1) is 0 Å². The maximum Gasteiger partial charge on any atom is 0.269 e. The van der Waals surface area contributed by atoms with Crippen LogP contribution in [-0.2, 0) is 0 Å². The summed E-state index contributed by atoms with van der Waals surface area (Å²) >= 11 is 0. The average molecular weight is 555 g/mol. The number of nitrogens with zero attached hydrogens (tertiary/aromatic N) is 2. The van der Waals surface area contributed by atoms with Gasteiger partial charge in [0.05, 0.1) is 0 Å². The Hall–Kier alpha value is -3.98. The monoisotopic (exact) mass is 554 g/mol. The molecule has 4 amide bonds. The van der Waals surface area contributed by atoms with Crippen LogP contribution in [0.4, 0.5) is 0 Å². The molecule has 3 rings (SSSR count). The third kappa shape index (κ3) is 11.0. The first kappa shape index (κ1) is 30.6. The molecule has 8 N–H and O–H groups in total. The van der Waals surface area contributed by atoms with Crippen molar-refractivity contribution in [3.05, 3.63) is 59.2 Å². The number of pyridine rings is 2. The van der Waals surface area contributed by atoms with Gasteiger partial charge in [-0.3, -0.25) is 19.2 Å². The van der Waals surface area contributed by atoms with Gasteiger partial charge in [-0.05, 0) is 24.3 Å². The summed E-state index contributed by atoms with van der Waals surface area (Å²) in [6, 6.07) is 9.53.